The van der Waals surface area contributed by atoms with Crippen LogP contribution >= 0.6 is 0 Å². The summed E-state index contributed by atoms with van der Waals surface area (Å²) in [6.07, 6.45) is 0. The van der Waals surface area contributed by atoms with Crippen LogP contribution in [0.3, 0.4) is 0 Å². The van der Waals surface area contributed by atoms with Gasteiger partial charge in [0.1, 0.15) is 11.6 Å². The van der Waals surface area contributed by atoms with Crippen molar-refractivity contribution in [1.29, 1.82) is 0 Å². The molecular formula is C12H16FNO3. The Balaban J connectivity index is 2.75. The zero-order chi connectivity index (χ0) is 12.8. The molecule has 0 bridgehead atoms. The average molecular weight is 241 g/mol. The molecule has 94 valence electrons. The maximum absolute atomic E-state index is 13.0. The van der Waals surface area contributed by atoms with Crippen LogP contribution < -0.4 is 10.5 Å². The minimum absolute atomic E-state index is 0.253. The van der Waals surface area contributed by atoms with Crippen molar-refractivity contribution >= 4 is 5.97 Å². The maximum atomic E-state index is 13.0. The van der Waals surface area contributed by atoms with Crippen LogP contribution in [-0.4, -0.2) is 19.2 Å². The summed E-state index contributed by atoms with van der Waals surface area (Å²) in [5.74, 6) is -0.659. The van der Waals surface area contributed by atoms with Crippen molar-refractivity contribution in [3.8, 4) is 5.75 Å². The zero-order valence-electron chi connectivity index (χ0n) is 9.90. The molecule has 0 radical (unpaired) electrons. The minimum Gasteiger partial charge on any atom is -0.481 e. The Morgan fingerprint density at radius 2 is 2.24 bits per heavy atom. The first-order valence-corrected chi connectivity index (χ1v) is 5.38. The van der Waals surface area contributed by atoms with Gasteiger partial charge in [-0.15, -0.1) is 0 Å². The zero-order valence-corrected chi connectivity index (χ0v) is 9.90. The number of esters is 1. The Labute approximate surface area is 99.5 Å². The summed E-state index contributed by atoms with van der Waals surface area (Å²) in [6.45, 7) is 3.49. The van der Waals surface area contributed by atoms with Gasteiger partial charge in [-0.3, -0.25) is 0 Å². The van der Waals surface area contributed by atoms with Gasteiger partial charge in [0.2, 0.25) is 0 Å². The van der Waals surface area contributed by atoms with Crippen LogP contribution in [0.4, 0.5) is 4.39 Å². The highest BCUT2D eigenvalue weighted by molar-refractivity contribution is 5.71. The number of rotatable bonds is 5. The number of hydrogen-bond acceptors (Lipinski definition) is 4. The third-order valence-corrected chi connectivity index (χ3v) is 2.12. The van der Waals surface area contributed by atoms with Gasteiger partial charge < -0.3 is 15.2 Å². The van der Waals surface area contributed by atoms with E-state index < -0.39 is 11.8 Å². The molecule has 2 N–H and O–H groups in total. The van der Waals surface area contributed by atoms with Gasteiger partial charge in [-0.2, -0.15) is 0 Å². The lowest BCUT2D eigenvalue weighted by Crippen LogP contribution is -2.16. The Bertz CT molecular complexity index is 393. The van der Waals surface area contributed by atoms with E-state index in [1.165, 1.54) is 12.1 Å². The van der Waals surface area contributed by atoms with Crippen LogP contribution in [0.15, 0.2) is 18.2 Å². The lowest BCUT2D eigenvalue weighted by Gasteiger charge is -2.13. The summed E-state index contributed by atoms with van der Waals surface area (Å²) in [4.78, 5) is 11.1. The van der Waals surface area contributed by atoms with Gasteiger partial charge in [0.25, 0.3) is 0 Å². The van der Waals surface area contributed by atoms with E-state index in [0.717, 1.165) is 0 Å². The van der Waals surface area contributed by atoms with Crippen molar-refractivity contribution < 1.29 is 18.7 Å². The summed E-state index contributed by atoms with van der Waals surface area (Å²) in [5.41, 5.74) is 6.36. The Morgan fingerprint density at radius 1 is 1.53 bits per heavy atom. The monoisotopic (exact) mass is 241 g/mol. The predicted octanol–water partition coefficient (Wildman–Crippen LogP) is 1.79. The Hall–Kier alpha value is -1.62. The number of ether oxygens (including phenoxy) is 2. The van der Waals surface area contributed by atoms with Crippen LogP contribution in [0.5, 0.6) is 5.75 Å². The van der Waals surface area contributed by atoms with Crippen molar-refractivity contribution in [2.75, 3.05) is 13.2 Å². The third kappa shape index (κ3) is 4.03. The molecule has 5 heteroatoms. The van der Waals surface area contributed by atoms with E-state index >= 15 is 0 Å². The van der Waals surface area contributed by atoms with Crippen LogP contribution in [0, 0.1) is 5.82 Å². The summed E-state index contributed by atoms with van der Waals surface area (Å²) in [7, 11) is 0. The van der Waals surface area contributed by atoms with Gasteiger partial charge in [-0.25, -0.2) is 9.18 Å². The van der Waals surface area contributed by atoms with Crippen molar-refractivity contribution in [2.45, 2.75) is 19.9 Å². The molecule has 0 aliphatic heterocycles. The van der Waals surface area contributed by atoms with Crippen molar-refractivity contribution in [1.82, 2.24) is 0 Å². The Morgan fingerprint density at radius 3 is 2.82 bits per heavy atom. The van der Waals surface area contributed by atoms with Crippen molar-refractivity contribution in [3.05, 3.63) is 29.6 Å². The second kappa shape index (κ2) is 6.20. The largest absolute Gasteiger partial charge is 0.481 e. The van der Waals surface area contributed by atoms with E-state index in [9.17, 15) is 9.18 Å². The topological polar surface area (TPSA) is 61.5 Å². The molecule has 0 saturated carbocycles. The second-order valence-electron chi connectivity index (χ2n) is 3.56. The molecule has 0 heterocycles. The lowest BCUT2D eigenvalue weighted by molar-refractivity contribution is -0.145. The fraction of sp³-hybridized carbons (Fsp3) is 0.417. The SMILES string of the molecule is CCOC(=O)COc1cc(F)ccc1C(C)N. The van der Waals surface area contributed by atoms with Gasteiger partial charge in [0.05, 0.1) is 6.61 Å². The molecule has 0 fully saturated rings. The number of halogens is 1. The number of nitrogens with two attached hydrogens (primary N) is 1. The second-order valence-corrected chi connectivity index (χ2v) is 3.56. The maximum Gasteiger partial charge on any atom is 0.344 e. The van der Waals surface area contributed by atoms with E-state index in [0.29, 0.717) is 5.56 Å². The van der Waals surface area contributed by atoms with Crippen LogP contribution in [0.2, 0.25) is 0 Å². The van der Waals surface area contributed by atoms with Gasteiger partial charge in [-0.1, -0.05) is 6.07 Å². The van der Waals surface area contributed by atoms with Gasteiger partial charge in [0, 0.05) is 17.7 Å². The summed E-state index contributed by atoms with van der Waals surface area (Å²) in [6, 6.07) is 3.75. The molecule has 1 atom stereocenters. The molecule has 1 unspecified atom stereocenters. The molecule has 4 nitrogen and oxygen atoms in total. The molecule has 17 heavy (non-hydrogen) atoms. The summed E-state index contributed by atoms with van der Waals surface area (Å²) >= 11 is 0. The van der Waals surface area contributed by atoms with Gasteiger partial charge >= 0.3 is 5.97 Å². The van der Waals surface area contributed by atoms with Crippen LogP contribution in [-0.2, 0) is 9.53 Å². The normalized spacial score (nSPS) is 12.0. The molecule has 0 aliphatic carbocycles. The van der Waals surface area contributed by atoms with E-state index in [1.807, 2.05) is 0 Å². The Kier molecular flexibility index (Phi) is 4.90. The molecule has 0 amide bonds. The molecule has 1 aromatic rings. The fourth-order valence-electron chi connectivity index (χ4n) is 1.35. The van der Waals surface area contributed by atoms with Crippen LogP contribution in [0.1, 0.15) is 25.5 Å². The molecule has 0 aromatic heterocycles. The fourth-order valence-corrected chi connectivity index (χ4v) is 1.35. The number of carbonyl (C=O) groups excluding carboxylic acids is 1. The number of hydrogen-bond donors (Lipinski definition) is 1. The van der Waals surface area contributed by atoms with E-state index in [2.05, 4.69) is 0 Å². The molecular weight excluding hydrogens is 225 g/mol. The summed E-state index contributed by atoms with van der Waals surface area (Å²) in [5, 5.41) is 0. The standard InChI is InChI=1S/C12H16FNO3/c1-3-16-12(15)7-17-11-6-9(13)4-5-10(11)8(2)14/h4-6,8H,3,7,14H2,1-2H3. The van der Waals surface area contributed by atoms with Gasteiger partial charge in [-0.05, 0) is 19.9 Å². The molecule has 0 aliphatic rings. The van der Waals surface area contributed by atoms with E-state index in [1.54, 1.807) is 19.9 Å². The van der Waals surface area contributed by atoms with Crippen molar-refractivity contribution in [2.24, 2.45) is 5.73 Å². The first kappa shape index (κ1) is 13.4. The predicted molar refractivity (Wildman–Crippen MR) is 61.1 cm³/mol. The highest BCUT2D eigenvalue weighted by Crippen LogP contribution is 2.24. The first-order valence-electron chi connectivity index (χ1n) is 5.38. The first-order chi connectivity index (χ1) is 8.04. The van der Waals surface area contributed by atoms with Crippen molar-refractivity contribution in [3.63, 3.8) is 0 Å². The third-order valence-electron chi connectivity index (χ3n) is 2.12. The van der Waals surface area contributed by atoms with E-state index in [4.69, 9.17) is 15.2 Å². The number of benzene rings is 1. The number of carbonyl (C=O) groups is 1. The minimum atomic E-state index is -0.493. The lowest BCUT2D eigenvalue weighted by atomic mass is 10.1. The van der Waals surface area contributed by atoms with Crippen LogP contribution in [0.25, 0.3) is 0 Å². The summed E-state index contributed by atoms with van der Waals surface area (Å²) < 4.78 is 23.0. The smallest absolute Gasteiger partial charge is 0.344 e. The van der Waals surface area contributed by atoms with Gasteiger partial charge in [0.15, 0.2) is 6.61 Å². The molecule has 1 rings (SSSR count). The average Bonchev–Trinajstić information content (AvgIpc) is 2.26. The highest BCUT2D eigenvalue weighted by Gasteiger charge is 2.11. The molecule has 0 saturated heterocycles. The molecule has 0 spiro atoms. The molecule has 1 aromatic carbocycles. The van der Waals surface area contributed by atoms with E-state index in [-0.39, 0.29) is 25.0 Å². The quantitative estimate of drug-likeness (QED) is 0.798. The highest BCUT2D eigenvalue weighted by atomic mass is 19.1.